The molecule has 0 fully saturated rings. The molecule has 0 aliphatic heterocycles. The quantitative estimate of drug-likeness (QED) is 0.718. The van der Waals surface area contributed by atoms with Crippen LogP contribution in [-0.4, -0.2) is 37.5 Å². The summed E-state index contributed by atoms with van der Waals surface area (Å²) in [5, 5.41) is 14.2. The van der Waals surface area contributed by atoms with Gasteiger partial charge >= 0.3 is 6.03 Å². The average molecular weight is 302 g/mol. The third-order valence-electron chi connectivity index (χ3n) is 3.03. The summed E-state index contributed by atoms with van der Waals surface area (Å²) < 4.78 is 31.2. The number of carbonyl (C=O) groups excluding carboxylic acids is 1. The topological polar surface area (TPSA) is 70.6 Å². The first-order valence-electron chi connectivity index (χ1n) is 6.63. The smallest absolute Gasteiger partial charge is 0.315 e. The van der Waals surface area contributed by atoms with Crippen LogP contribution in [0.25, 0.3) is 0 Å². The van der Waals surface area contributed by atoms with E-state index < -0.39 is 23.7 Å². The first-order chi connectivity index (χ1) is 10.0. The zero-order valence-electron chi connectivity index (χ0n) is 12.0. The number of nitrogens with one attached hydrogen (secondary N) is 2. The Morgan fingerprint density at radius 1 is 1.33 bits per heavy atom. The number of rotatable bonds is 7. The molecule has 0 radical (unpaired) electrons. The van der Waals surface area contributed by atoms with E-state index in [1.807, 2.05) is 6.92 Å². The van der Waals surface area contributed by atoms with Crippen LogP contribution in [0.2, 0.25) is 0 Å². The van der Waals surface area contributed by atoms with E-state index in [2.05, 4.69) is 10.6 Å². The lowest BCUT2D eigenvalue weighted by Gasteiger charge is -2.21. The minimum Gasteiger partial charge on any atom is -0.394 e. The summed E-state index contributed by atoms with van der Waals surface area (Å²) in [5.74, 6) is -1.94. The van der Waals surface area contributed by atoms with Crippen molar-refractivity contribution in [1.29, 1.82) is 0 Å². The Morgan fingerprint density at radius 3 is 2.57 bits per heavy atom. The maximum atomic E-state index is 13.3. The zero-order valence-corrected chi connectivity index (χ0v) is 12.0. The Kier molecular flexibility index (Phi) is 7.04. The monoisotopic (exact) mass is 302 g/mol. The lowest BCUT2D eigenvalue weighted by atomic mass is 10.1. The van der Waals surface area contributed by atoms with Gasteiger partial charge in [0.1, 0.15) is 0 Å². The molecule has 0 aromatic heterocycles. The van der Waals surface area contributed by atoms with Crippen LogP contribution in [-0.2, 0) is 4.74 Å². The highest BCUT2D eigenvalue weighted by molar-refractivity contribution is 5.74. The van der Waals surface area contributed by atoms with Gasteiger partial charge in [0.25, 0.3) is 0 Å². The average Bonchev–Trinajstić information content (AvgIpc) is 2.47. The van der Waals surface area contributed by atoms with Gasteiger partial charge in [-0.25, -0.2) is 13.6 Å². The van der Waals surface area contributed by atoms with Crippen LogP contribution < -0.4 is 10.6 Å². The van der Waals surface area contributed by atoms with Crippen molar-refractivity contribution < 1.29 is 23.4 Å². The van der Waals surface area contributed by atoms with Crippen molar-refractivity contribution in [2.24, 2.45) is 0 Å². The Morgan fingerprint density at radius 2 is 2.05 bits per heavy atom. The summed E-state index contributed by atoms with van der Waals surface area (Å²) in [6.45, 7) is 1.75. The van der Waals surface area contributed by atoms with E-state index in [9.17, 15) is 13.6 Å². The molecular weight excluding hydrogens is 282 g/mol. The second kappa shape index (κ2) is 8.53. The van der Waals surface area contributed by atoms with Crippen molar-refractivity contribution in [2.75, 3.05) is 20.3 Å². The van der Waals surface area contributed by atoms with E-state index in [0.29, 0.717) is 12.0 Å². The number of amides is 2. The third kappa shape index (κ3) is 5.28. The lowest BCUT2D eigenvalue weighted by Crippen LogP contribution is -2.45. The Bertz CT molecular complexity index is 468. The van der Waals surface area contributed by atoms with E-state index in [4.69, 9.17) is 9.84 Å². The second-order valence-electron chi connectivity index (χ2n) is 4.59. The summed E-state index contributed by atoms with van der Waals surface area (Å²) in [7, 11) is 1.44. The first-order valence-corrected chi connectivity index (χ1v) is 6.63. The lowest BCUT2D eigenvalue weighted by molar-refractivity contribution is 0.163. The van der Waals surface area contributed by atoms with Gasteiger partial charge in [0.05, 0.1) is 25.3 Å². The number of aliphatic hydroxyl groups is 1. The largest absolute Gasteiger partial charge is 0.394 e. The van der Waals surface area contributed by atoms with E-state index in [0.717, 1.165) is 12.1 Å². The standard InChI is InChI=1S/C14H20F2N2O3/c1-3-10(7-19)17-14(20)18-13(8-21-2)9-4-5-11(15)12(16)6-9/h4-6,10,13,19H,3,7-8H2,1-2H3,(H2,17,18,20). The summed E-state index contributed by atoms with van der Waals surface area (Å²) >= 11 is 0. The van der Waals surface area contributed by atoms with Crippen LogP contribution in [0.1, 0.15) is 24.9 Å². The van der Waals surface area contributed by atoms with Crippen molar-refractivity contribution >= 4 is 6.03 Å². The molecular formula is C14H20F2N2O3. The summed E-state index contributed by atoms with van der Waals surface area (Å²) in [6, 6.07) is 1.89. The molecule has 0 aliphatic rings. The van der Waals surface area contributed by atoms with Crippen molar-refractivity contribution in [2.45, 2.75) is 25.4 Å². The van der Waals surface area contributed by atoms with Gasteiger partial charge in [-0.2, -0.15) is 0 Å². The predicted molar refractivity (Wildman–Crippen MR) is 73.8 cm³/mol. The van der Waals surface area contributed by atoms with Crippen LogP contribution in [0.3, 0.4) is 0 Å². The van der Waals surface area contributed by atoms with Gasteiger partial charge < -0.3 is 20.5 Å². The number of benzene rings is 1. The maximum Gasteiger partial charge on any atom is 0.315 e. The molecule has 2 atom stereocenters. The molecule has 0 saturated heterocycles. The number of ether oxygens (including phenoxy) is 1. The summed E-state index contributed by atoms with van der Waals surface area (Å²) in [5.41, 5.74) is 0.392. The van der Waals surface area contributed by atoms with Crippen LogP contribution >= 0.6 is 0 Å². The van der Waals surface area contributed by atoms with Gasteiger partial charge in [-0.1, -0.05) is 13.0 Å². The van der Waals surface area contributed by atoms with E-state index in [-0.39, 0.29) is 19.3 Å². The number of carbonyl (C=O) groups is 1. The third-order valence-corrected chi connectivity index (χ3v) is 3.03. The van der Waals surface area contributed by atoms with Gasteiger partial charge in [-0.15, -0.1) is 0 Å². The number of aliphatic hydroxyl groups excluding tert-OH is 1. The minimum atomic E-state index is -0.988. The molecule has 0 saturated carbocycles. The normalized spacial score (nSPS) is 13.6. The van der Waals surface area contributed by atoms with Crippen molar-refractivity contribution in [3.8, 4) is 0 Å². The van der Waals surface area contributed by atoms with Crippen LogP contribution in [0.5, 0.6) is 0 Å². The van der Waals surface area contributed by atoms with Crippen LogP contribution in [0, 0.1) is 11.6 Å². The van der Waals surface area contributed by atoms with Gasteiger partial charge in [-0.05, 0) is 24.1 Å². The molecule has 118 valence electrons. The Balaban J connectivity index is 2.77. The SMILES string of the molecule is CCC(CO)NC(=O)NC(COC)c1ccc(F)c(F)c1. The Hall–Kier alpha value is -1.73. The fraction of sp³-hybridized carbons (Fsp3) is 0.500. The van der Waals surface area contributed by atoms with Crippen molar-refractivity contribution in [3.05, 3.63) is 35.4 Å². The molecule has 21 heavy (non-hydrogen) atoms. The number of hydrogen-bond acceptors (Lipinski definition) is 3. The molecule has 0 heterocycles. The van der Waals surface area contributed by atoms with E-state index >= 15 is 0 Å². The molecule has 2 unspecified atom stereocenters. The summed E-state index contributed by atoms with van der Waals surface area (Å²) in [6.07, 6.45) is 0.573. The molecule has 1 aromatic rings. The van der Waals surface area contributed by atoms with Gasteiger partial charge in [0, 0.05) is 7.11 Å². The molecule has 1 rings (SSSR count). The number of urea groups is 1. The number of methoxy groups -OCH3 is 1. The number of halogens is 2. The number of hydrogen-bond donors (Lipinski definition) is 3. The predicted octanol–water partition coefficient (Wildman–Crippen LogP) is 1.72. The van der Waals surface area contributed by atoms with Crippen molar-refractivity contribution in [3.63, 3.8) is 0 Å². The molecule has 0 aliphatic carbocycles. The molecule has 5 nitrogen and oxygen atoms in total. The maximum absolute atomic E-state index is 13.3. The highest BCUT2D eigenvalue weighted by atomic mass is 19.2. The molecule has 3 N–H and O–H groups in total. The highest BCUT2D eigenvalue weighted by Gasteiger charge is 2.18. The summed E-state index contributed by atoms with van der Waals surface area (Å²) in [4.78, 5) is 11.8. The van der Waals surface area contributed by atoms with E-state index in [1.165, 1.54) is 13.2 Å². The van der Waals surface area contributed by atoms with Gasteiger partial charge in [0.15, 0.2) is 11.6 Å². The van der Waals surface area contributed by atoms with E-state index in [1.54, 1.807) is 0 Å². The second-order valence-corrected chi connectivity index (χ2v) is 4.59. The fourth-order valence-electron chi connectivity index (χ4n) is 1.78. The van der Waals surface area contributed by atoms with Crippen molar-refractivity contribution in [1.82, 2.24) is 10.6 Å². The minimum absolute atomic E-state index is 0.106. The zero-order chi connectivity index (χ0) is 15.8. The van der Waals surface area contributed by atoms with Gasteiger partial charge in [-0.3, -0.25) is 0 Å². The molecule has 1 aromatic carbocycles. The van der Waals surface area contributed by atoms with Crippen LogP contribution in [0.4, 0.5) is 13.6 Å². The first kappa shape index (κ1) is 17.3. The molecule has 2 amide bonds. The molecule has 0 spiro atoms. The molecule has 7 heteroatoms. The fourth-order valence-corrected chi connectivity index (χ4v) is 1.78. The highest BCUT2D eigenvalue weighted by Crippen LogP contribution is 2.16. The Labute approximate surface area is 122 Å². The van der Waals surface area contributed by atoms with Gasteiger partial charge in [0.2, 0.25) is 0 Å². The van der Waals surface area contributed by atoms with Crippen LogP contribution in [0.15, 0.2) is 18.2 Å². The molecule has 0 bridgehead atoms.